The average Bonchev–Trinajstić information content (AvgIpc) is 2.70. The molecule has 4 nitrogen and oxygen atoms in total. The molecule has 0 bridgehead atoms. The van der Waals surface area contributed by atoms with E-state index < -0.39 is 0 Å². The molecule has 1 amide bonds. The van der Waals surface area contributed by atoms with Crippen LogP contribution in [0, 0.1) is 25.2 Å². The van der Waals surface area contributed by atoms with Gasteiger partial charge in [-0.1, -0.05) is 48.2 Å². The number of hydrogen-bond acceptors (Lipinski definition) is 4. The molecule has 0 radical (unpaired) electrons. The molecule has 0 saturated carbocycles. The van der Waals surface area contributed by atoms with E-state index in [1.165, 1.54) is 11.1 Å². The standard InChI is InChI=1S/C22H21N3OS/c1-15-8-9-18(10-16(15)2)24-13-25-21(26)11-19(17-6-4-3-5-7-17)20(12-23)22(25)27-14-24/h3-10,19H,11,13-14H2,1-2H3/t19-/m1/s1. The Labute approximate surface area is 164 Å². The molecule has 0 spiro atoms. The normalized spacial score (nSPS) is 19.7. The number of nitriles is 1. The Morgan fingerprint density at radius 1 is 1.11 bits per heavy atom. The van der Waals surface area contributed by atoms with Crippen LogP contribution in [0.4, 0.5) is 5.69 Å². The smallest absolute Gasteiger partial charge is 0.229 e. The molecule has 0 aromatic heterocycles. The van der Waals surface area contributed by atoms with E-state index in [1.807, 2.05) is 30.3 Å². The molecular weight excluding hydrogens is 354 g/mol. The van der Waals surface area contributed by atoms with Crippen LogP contribution in [0.2, 0.25) is 0 Å². The van der Waals surface area contributed by atoms with E-state index in [4.69, 9.17) is 0 Å². The van der Waals surface area contributed by atoms with Gasteiger partial charge in [-0.05, 0) is 42.7 Å². The Hall–Kier alpha value is -2.71. The largest absolute Gasteiger partial charge is 0.344 e. The number of nitrogens with zero attached hydrogens (tertiary/aromatic N) is 3. The fourth-order valence-electron chi connectivity index (χ4n) is 3.62. The summed E-state index contributed by atoms with van der Waals surface area (Å²) in [6, 6.07) is 18.6. The molecule has 5 heteroatoms. The van der Waals surface area contributed by atoms with E-state index in [1.54, 1.807) is 16.7 Å². The van der Waals surface area contributed by atoms with E-state index >= 15 is 0 Å². The van der Waals surface area contributed by atoms with Crippen molar-refractivity contribution in [2.75, 3.05) is 17.4 Å². The highest BCUT2D eigenvalue weighted by Gasteiger charge is 2.38. The van der Waals surface area contributed by atoms with Crippen molar-refractivity contribution < 1.29 is 4.79 Å². The second kappa shape index (κ2) is 7.13. The van der Waals surface area contributed by atoms with Gasteiger partial charge in [0.1, 0.15) is 0 Å². The summed E-state index contributed by atoms with van der Waals surface area (Å²) in [5.41, 5.74) is 5.36. The quantitative estimate of drug-likeness (QED) is 0.774. The molecule has 0 N–H and O–H groups in total. The molecule has 2 heterocycles. The number of benzene rings is 2. The lowest BCUT2D eigenvalue weighted by Crippen LogP contribution is -2.47. The fraction of sp³-hybridized carbons (Fsp3) is 0.273. The minimum atomic E-state index is -0.143. The van der Waals surface area contributed by atoms with Crippen molar-refractivity contribution in [1.82, 2.24) is 4.90 Å². The number of hydrogen-bond donors (Lipinski definition) is 0. The van der Waals surface area contributed by atoms with Crippen molar-refractivity contribution in [3.05, 3.63) is 75.8 Å². The Balaban J connectivity index is 1.66. The zero-order chi connectivity index (χ0) is 19.0. The third kappa shape index (κ3) is 3.22. The first-order valence-electron chi connectivity index (χ1n) is 9.03. The molecule has 2 aliphatic heterocycles. The van der Waals surface area contributed by atoms with Crippen molar-refractivity contribution in [3.63, 3.8) is 0 Å². The molecule has 1 fully saturated rings. The lowest BCUT2D eigenvalue weighted by Gasteiger charge is -2.42. The summed E-state index contributed by atoms with van der Waals surface area (Å²) in [7, 11) is 0. The molecular formula is C22H21N3OS. The average molecular weight is 375 g/mol. The highest BCUT2D eigenvalue weighted by molar-refractivity contribution is 8.03. The lowest BCUT2D eigenvalue weighted by molar-refractivity contribution is -0.129. The summed E-state index contributed by atoms with van der Waals surface area (Å²) in [5.74, 6) is 0.670. The van der Waals surface area contributed by atoms with E-state index in [-0.39, 0.29) is 11.8 Å². The fourth-order valence-corrected chi connectivity index (χ4v) is 4.79. The van der Waals surface area contributed by atoms with Gasteiger partial charge in [-0.2, -0.15) is 5.26 Å². The van der Waals surface area contributed by atoms with E-state index in [2.05, 4.69) is 43.0 Å². The number of carbonyl (C=O) groups is 1. The first kappa shape index (κ1) is 17.7. The van der Waals surface area contributed by atoms with Crippen molar-refractivity contribution in [3.8, 4) is 6.07 Å². The third-order valence-corrected chi connectivity index (χ3v) is 6.51. The molecule has 0 aliphatic carbocycles. The SMILES string of the molecule is Cc1ccc(N2CSC3=C(C#N)[C@@H](c4ccccc4)CC(=O)N3C2)cc1C. The van der Waals surface area contributed by atoms with Crippen LogP contribution in [0.5, 0.6) is 0 Å². The molecule has 4 rings (SSSR count). The number of carbonyl (C=O) groups excluding carboxylic acids is 1. The molecule has 136 valence electrons. The maximum absolute atomic E-state index is 12.9. The van der Waals surface area contributed by atoms with Crippen LogP contribution in [0.3, 0.4) is 0 Å². The second-order valence-corrected chi connectivity index (χ2v) is 7.98. The Bertz CT molecular complexity index is 961. The first-order valence-corrected chi connectivity index (χ1v) is 10.0. The maximum Gasteiger partial charge on any atom is 0.229 e. The number of thioether (sulfide) groups is 1. The summed E-state index contributed by atoms with van der Waals surface area (Å²) in [5, 5.41) is 10.6. The number of rotatable bonds is 2. The minimum Gasteiger partial charge on any atom is -0.344 e. The molecule has 1 atom stereocenters. The highest BCUT2D eigenvalue weighted by Crippen LogP contribution is 2.43. The van der Waals surface area contributed by atoms with Crippen molar-refractivity contribution in [2.24, 2.45) is 0 Å². The zero-order valence-electron chi connectivity index (χ0n) is 15.5. The number of allylic oxidation sites excluding steroid dienone is 1. The Morgan fingerprint density at radius 2 is 1.89 bits per heavy atom. The van der Waals surface area contributed by atoms with Crippen LogP contribution in [0.25, 0.3) is 0 Å². The van der Waals surface area contributed by atoms with Gasteiger partial charge < -0.3 is 4.90 Å². The summed E-state index contributed by atoms with van der Waals surface area (Å²) in [4.78, 5) is 16.9. The van der Waals surface area contributed by atoms with Gasteiger partial charge in [0.2, 0.25) is 5.91 Å². The summed E-state index contributed by atoms with van der Waals surface area (Å²) >= 11 is 1.58. The van der Waals surface area contributed by atoms with E-state index in [0.29, 0.717) is 18.7 Å². The molecule has 2 aliphatic rings. The van der Waals surface area contributed by atoms with Gasteiger partial charge in [0.15, 0.2) is 0 Å². The number of fused-ring (bicyclic) bond motifs is 1. The van der Waals surface area contributed by atoms with Crippen LogP contribution in [0.1, 0.15) is 29.0 Å². The first-order chi connectivity index (χ1) is 13.1. The maximum atomic E-state index is 12.9. The third-order valence-electron chi connectivity index (χ3n) is 5.35. The van der Waals surface area contributed by atoms with Crippen molar-refractivity contribution in [2.45, 2.75) is 26.2 Å². The molecule has 2 aromatic carbocycles. The monoisotopic (exact) mass is 375 g/mol. The molecule has 0 unspecified atom stereocenters. The van der Waals surface area contributed by atoms with E-state index in [9.17, 15) is 10.1 Å². The number of aryl methyl sites for hydroxylation is 2. The van der Waals surface area contributed by atoms with Gasteiger partial charge in [0, 0.05) is 18.0 Å². The number of anilines is 1. The van der Waals surface area contributed by atoms with Gasteiger partial charge in [-0.15, -0.1) is 0 Å². The van der Waals surface area contributed by atoms with Gasteiger partial charge in [0.05, 0.1) is 29.2 Å². The van der Waals surface area contributed by atoms with Crippen molar-refractivity contribution >= 4 is 23.4 Å². The van der Waals surface area contributed by atoms with Crippen LogP contribution < -0.4 is 4.90 Å². The minimum absolute atomic E-state index is 0.0823. The predicted molar refractivity (Wildman–Crippen MR) is 109 cm³/mol. The van der Waals surface area contributed by atoms with Crippen LogP contribution in [-0.2, 0) is 4.79 Å². The molecule has 1 saturated heterocycles. The second-order valence-electron chi connectivity index (χ2n) is 7.04. The van der Waals surface area contributed by atoms with Gasteiger partial charge in [0.25, 0.3) is 0 Å². The lowest BCUT2D eigenvalue weighted by atomic mass is 9.86. The Kier molecular flexibility index (Phi) is 4.67. The van der Waals surface area contributed by atoms with Crippen LogP contribution in [0.15, 0.2) is 59.1 Å². The van der Waals surface area contributed by atoms with Gasteiger partial charge in [-0.3, -0.25) is 9.69 Å². The predicted octanol–water partition coefficient (Wildman–Crippen LogP) is 4.52. The van der Waals surface area contributed by atoms with E-state index in [0.717, 1.165) is 22.2 Å². The summed E-state index contributed by atoms with van der Waals surface area (Å²) in [6.07, 6.45) is 0.345. The van der Waals surface area contributed by atoms with Crippen LogP contribution >= 0.6 is 11.8 Å². The summed E-state index contributed by atoms with van der Waals surface area (Å²) < 4.78 is 0. The number of amides is 1. The van der Waals surface area contributed by atoms with Gasteiger partial charge in [-0.25, -0.2) is 0 Å². The molecule has 2 aromatic rings. The zero-order valence-corrected chi connectivity index (χ0v) is 16.3. The topological polar surface area (TPSA) is 47.3 Å². The van der Waals surface area contributed by atoms with Gasteiger partial charge >= 0.3 is 0 Å². The summed E-state index contributed by atoms with van der Waals surface area (Å²) in [6.45, 7) is 4.70. The molecule has 27 heavy (non-hydrogen) atoms. The highest BCUT2D eigenvalue weighted by atomic mass is 32.2. The Morgan fingerprint density at radius 3 is 2.59 bits per heavy atom. The van der Waals surface area contributed by atoms with Crippen molar-refractivity contribution in [1.29, 1.82) is 5.26 Å². The van der Waals surface area contributed by atoms with Crippen LogP contribution in [-0.4, -0.2) is 23.4 Å².